The van der Waals surface area contributed by atoms with Crippen molar-refractivity contribution in [1.82, 2.24) is 4.98 Å². The number of amidine groups is 1. The second-order valence-electron chi connectivity index (χ2n) is 6.53. The number of aromatic hydroxyl groups is 1. The van der Waals surface area contributed by atoms with Crippen LogP contribution in [0.25, 0.3) is 17.0 Å². The highest BCUT2D eigenvalue weighted by atomic mass is 19.1. The highest BCUT2D eigenvalue weighted by Crippen LogP contribution is 2.27. The summed E-state index contributed by atoms with van der Waals surface area (Å²) in [6.07, 6.45) is 1.85. The smallest absolute Gasteiger partial charge is 0.196 e. The van der Waals surface area contributed by atoms with E-state index in [1.807, 2.05) is 42.5 Å². The second kappa shape index (κ2) is 6.13. The van der Waals surface area contributed by atoms with Crippen molar-refractivity contribution in [2.24, 2.45) is 9.98 Å². The number of H-pyrrole nitrogens is 1. The van der Waals surface area contributed by atoms with Crippen LogP contribution in [0.4, 0.5) is 14.5 Å². The average Bonchev–Trinajstić information content (AvgIpc) is 3.22. The summed E-state index contributed by atoms with van der Waals surface area (Å²) in [6.45, 7) is 0. The summed E-state index contributed by atoms with van der Waals surface area (Å²) in [4.78, 5) is 11.7. The maximum Gasteiger partial charge on any atom is 0.196 e. The van der Waals surface area contributed by atoms with Gasteiger partial charge in [-0.2, -0.15) is 0 Å². The van der Waals surface area contributed by atoms with Crippen LogP contribution in [0.2, 0.25) is 0 Å². The van der Waals surface area contributed by atoms with Gasteiger partial charge in [0.2, 0.25) is 0 Å². The molecule has 1 aliphatic heterocycles. The molecule has 0 radical (unpaired) electrons. The number of nitrogens with zero attached hydrogens (tertiary/aromatic N) is 2. The molecule has 6 heteroatoms. The maximum absolute atomic E-state index is 13.5. The maximum atomic E-state index is 13.5. The van der Waals surface area contributed by atoms with Crippen molar-refractivity contribution in [3.05, 3.63) is 94.0 Å². The largest absolute Gasteiger partial charge is 0.494 e. The SMILES string of the molecule is Oc1[nH]c2ccccc2c1/C=c1/ccc2c(c1)N=C(c1cc(F)cc(F)c1)N=2. The molecule has 1 aliphatic rings. The van der Waals surface area contributed by atoms with E-state index in [4.69, 9.17) is 0 Å². The number of halogens is 2. The Balaban J connectivity index is 1.60. The summed E-state index contributed by atoms with van der Waals surface area (Å²) in [5.41, 5.74) is 2.42. The first kappa shape index (κ1) is 16.4. The number of aromatic amines is 1. The number of aromatic nitrogens is 1. The van der Waals surface area contributed by atoms with Crippen molar-refractivity contribution in [2.75, 3.05) is 0 Å². The fraction of sp³-hybridized carbons (Fsp3) is 0. The van der Waals surface area contributed by atoms with Gasteiger partial charge in [-0.15, -0.1) is 0 Å². The number of fused-ring (bicyclic) bond motifs is 2. The zero-order valence-electron chi connectivity index (χ0n) is 14.4. The Bertz CT molecular complexity index is 1380. The lowest BCUT2D eigenvalue weighted by molar-refractivity contribution is 0.457. The third-order valence-corrected chi connectivity index (χ3v) is 4.61. The zero-order chi connectivity index (χ0) is 19.3. The van der Waals surface area contributed by atoms with Crippen LogP contribution in [-0.2, 0) is 0 Å². The Hall–Kier alpha value is -3.80. The van der Waals surface area contributed by atoms with E-state index < -0.39 is 11.6 Å². The molecule has 0 saturated carbocycles. The quantitative estimate of drug-likeness (QED) is 0.553. The van der Waals surface area contributed by atoms with Gasteiger partial charge in [0.25, 0.3) is 0 Å². The number of para-hydroxylation sites is 1. The second-order valence-corrected chi connectivity index (χ2v) is 6.53. The van der Waals surface area contributed by atoms with E-state index in [9.17, 15) is 13.9 Å². The molecule has 2 heterocycles. The molecule has 0 unspecified atom stereocenters. The van der Waals surface area contributed by atoms with Gasteiger partial charge in [-0.3, -0.25) is 0 Å². The van der Waals surface area contributed by atoms with Crippen molar-refractivity contribution in [2.45, 2.75) is 0 Å². The van der Waals surface area contributed by atoms with Crippen LogP contribution in [0.15, 0.2) is 70.6 Å². The minimum atomic E-state index is -0.673. The molecule has 28 heavy (non-hydrogen) atoms. The van der Waals surface area contributed by atoms with Crippen LogP contribution < -0.4 is 10.6 Å². The van der Waals surface area contributed by atoms with E-state index in [1.165, 1.54) is 12.1 Å². The monoisotopic (exact) mass is 373 g/mol. The van der Waals surface area contributed by atoms with Gasteiger partial charge in [0, 0.05) is 28.1 Å². The fourth-order valence-corrected chi connectivity index (χ4v) is 3.34. The molecule has 2 N–H and O–H groups in total. The van der Waals surface area contributed by atoms with E-state index in [1.54, 1.807) is 6.07 Å². The predicted molar refractivity (Wildman–Crippen MR) is 103 cm³/mol. The molecular weight excluding hydrogens is 360 g/mol. The first-order valence-corrected chi connectivity index (χ1v) is 8.62. The van der Waals surface area contributed by atoms with Crippen molar-refractivity contribution >= 4 is 28.5 Å². The molecule has 0 fully saturated rings. The van der Waals surface area contributed by atoms with Crippen molar-refractivity contribution in [1.29, 1.82) is 0 Å². The van der Waals surface area contributed by atoms with Crippen LogP contribution in [0, 0.1) is 11.6 Å². The summed E-state index contributed by atoms with van der Waals surface area (Å²) in [5, 5.41) is 12.6. The van der Waals surface area contributed by atoms with Gasteiger partial charge in [0.15, 0.2) is 11.7 Å². The lowest BCUT2D eigenvalue weighted by atomic mass is 10.1. The normalized spacial score (nSPS) is 13.5. The van der Waals surface area contributed by atoms with Crippen LogP contribution in [0.3, 0.4) is 0 Å². The van der Waals surface area contributed by atoms with Crippen molar-refractivity contribution < 1.29 is 13.9 Å². The summed E-state index contributed by atoms with van der Waals surface area (Å²) in [6, 6.07) is 16.3. The minimum Gasteiger partial charge on any atom is -0.494 e. The van der Waals surface area contributed by atoms with E-state index in [2.05, 4.69) is 15.0 Å². The number of hydrogen-bond donors (Lipinski definition) is 2. The number of rotatable bonds is 2. The first-order valence-electron chi connectivity index (χ1n) is 8.62. The van der Waals surface area contributed by atoms with Gasteiger partial charge in [-0.05, 0) is 41.6 Å². The molecule has 0 saturated heterocycles. The molecule has 0 amide bonds. The molecule has 5 rings (SSSR count). The lowest BCUT2D eigenvalue weighted by Gasteiger charge is -1.98. The number of benzene rings is 3. The number of hydrogen-bond acceptors (Lipinski definition) is 3. The van der Waals surface area contributed by atoms with Crippen molar-refractivity contribution in [3.63, 3.8) is 0 Å². The average molecular weight is 373 g/mol. The van der Waals surface area contributed by atoms with E-state index in [0.717, 1.165) is 22.2 Å². The topological polar surface area (TPSA) is 60.7 Å². The number of aliphatic imine (C=N–C) groups is 1. The van der Waals surface area contributed by atoms with Gasteiger partial charge in [0.05, 0.1) is 11.0 Å². The van der Waals surface area contributed by atoms with Crippen LogP contribution in [-0.4, -0.2) is 15.9 Å². The molecule has 0 atom stereocenters. The zero-order valence-corrected chi connectivity index (χ0v) is 14.4. The van der Waals surface area contributed by atoms with Gasteiger partial charge in [-0.25, -0.2) is 18.8 Å². The van der Waals surface area contributed by atoms with E-state index in [-0.39, 0.29) is 17.3 Å². The molecule has 4 aromatic rings. The van der Waals surface area contributed by atoms with E-state index >= 15 is 0 Å². The van der Waals surface area contributed by atoms with Gasteiger partial charge in [0.1, 0.15) is 11.6 Å². The molecule has 0 spiro atoms. The van der Waals surface area contributed by atoms with Crippen LogP contribution in [0.1, 0.15) is 11.1 Å². The Kier molecular flexibility index (Phi) is 3.58. The molecule has 0 bridgehead atoms. The summed E-state index contributed by atoms with van der Waals surface area (Å²) in [5.74, 6) is -0.994. The lowest BCUT2D eigenvalue weighted by Crippen LogP contribution is -2.07. The van der Waals surface area contributed by atoms with Gasteiger partial charge < -0.3 is 10.1 Å². The summed E-state index contributed by atoms with van der Waals surface area (Å²) in [7, 11) is 0. The standard InChI is InChI=1S/C22H13F2N3O/c23-14-9-13(10-15(24)11-14)21-25-19-6-5-12(8-20(19)26-21)7-17-16-3-1-2-4-18(16)27-22(17)28/h1-11,27-28H/b12-7-. The summed E-state index contributed by atoms with van der Waals surface area (Å²) >= 11 is 0. The third-order valence-electron chi connectivity index (χ3n) is 4.61. The minimum absolute atomic E-state index is 0.0887. The molecule has 1 aromatic heterocycles. The molecular formula is C22H13F2N3O. The molecule has 136 valence electrons. The fourth-order valence-electron chi connectivity index (χ4n) is 3.34. The highest BCUT2D eigenvalue weighted by Gasteiger charge is 2.13. The summed E-state index contributed by atoms with van der Waals surface area (Å²) < 4.78 is 27.0. The van der Waals surface area contributed by atoms with Crippen molar-refractivity contribution in [3.8, 4) is 5.88 Å². The van der Waals surface area contributed by atoms with Crippen LogP contribution in [0.5, 0.6) is 5.88 Å². The van der Waals surface area contributed by atoms with Gasteiger partial charge in [-0.1, -0.05) is 24.3 Å². The first-order chi connectivity index (χ1) is 13.6. The third kappa shape index (κ3) is 2.75. The number of nitrogens with one attached hydrogen (secondary N) is 1. The Morgan fingerprint density at radius 3 is 2.50 bits per heavy atom. The molecule has 4 nitrogen and oxygen atoms in total. The molecule has 0 aliphatic carbocycles. The highest BCUT2D eigenvalue weighted by molar-refractivity contribution is 6.02. The Labute approximate surface area is 157 Å². The predicted octanol–water partition coefficient (Wildman–Crippen LogP) is 3.69. The molecule has 3 aromatic carbocycles. The van der Waals surface area contributed by atoms with Gasteiger partial charge >= 0.3 is 0 Å². The van der Waals surface area contributed by atoms with Crippen LogP contribution >= 0.6 is 0 Å². The Morgan fingerprint density at radius 1 is 0.893 bits per heavy atom. The van der Waals surface area contributed by atoms with E-state index in [0.29, 0.717) is 16.6 Å². The Morgan fingerprint density at radius 2 is 1.68 bits per heavy atom.